The number of aliphatic hydroxyl groups excluding tert-OH is 1. The first-order valence-electron chi connectivity index (χ1n) is 24.7. The number of aliphatic hydroxyl groups is 1. The first-order chi connectivity index (χ1) is 35.9. The molecule has 0 saturated carbocycles. The molecule has 7 rings (SSSR count). The number of benzene rings is 2. The van der Waals surface area contributed by atoms with Gasteiger partial charge in [-0.1, -0.05) is 44.7 Å². The highest BCUT2D eigenvalue weighted by Gasteiger charge is 2.56. The molecule has 6 atom stereocenters. The Balaban J connectivity index is 1.15. The molecule has 4 aromatic rings. The lowest BCUT2D eigenvalue weighted by atomic mass is 9.82. The molecule has 5 heterocycles. The van der Waals surface area contributed by atoms with Crippen LogP contribution in [0, 0.1) is 34.3 Å². The first-order valence-corrected chi connectivity index (χ1v) is 24.7. The quantitative estimate of drug-likeness (QED) is 0.0518. The number of carbonyl (C=O) groups excluding carboxylic acids is 4. The van der Waals surface area contributed by atoms with Gasteiger partial charge in [0.25, 0.3) is 5.91 Å². The molecule has 5 N–H and O–H groups in total. The molecule has 2 aromatic carbocycles. The topological polar surface area (TPSA) is 213 Å². The Bertz CT molecular complexity index is 2720. The van der Waals surface area contributed by atoms with Gasteiger partial charge in [-0.25, -0.2) is 28.4 Å². The van der Waals surface area contributed by atoms with Crippen molar-refractivity contribution in [1.29, 1.82) is 0 Å². The molecule has 76 heavy (non-hydrogen) atoms. The standard InChI is InChI=1S/C53H63F5N10O8/c1-51(2,3)45(63-49(72)74-6)48(71)65-67(27-38-39(54)21-34(22-40(38)55)42-24-59-18-19-60-42)28-43(69)41(62-47(70)46(64-50(73)75-7)52(4,5)53(56,57)58)20-32-11-8-31(9-12-32)10-13-33-14-17-44(61-23-33)66-25-35-15-16-36(26-66)68(35)37-29-76-30-37/h8-9,11-12,14,17-19,21-24,35-37,41,43,45-46,69H,15-16,20,25-30H2,1-7H3,(H,62,70)(H,63,72)(H,64,73)(H,65,71)/t35?,36?,41-,43-,45+,46?/m0/s1. The van der Waals surface area contributed by atoms with E-state index in [0.29, 0.717) is 48.7 Å². The molecule has 408 valence electrons. The molecular formula is C53H63F5N10O8. The first kappa shape index (κ1) is 56.7. The van der Waals surface area contributed by atoms with Crippen molar-refractivity contribution in [3.05, 3.63) is 107 Å². The molecular weight excluding hydrogens is 1000 g/mol. The average molecular weight is 1060 g/mol. The van der Waals surface area contributed by atoms with E-state index in [1.54, 1.807) is 51.2 Å². The van der Waals surface area contributed by atoms with E-state index in [9.17, 15) is 37.5 Å². The summed E-state index contributed by atoms with van der Waals surface area (Å²) < 4.78 is 90.4. The number of rotatable bonds is 17. The number of ether oxygens (including phenoxy) is 3. The number of fused-ring (bicyclic) bond motifs is 2. The monoisotopic (exact) mass is 1060 g/mol. The van der Waals surface area contributed by atoms with Gasteiger partial charge in [0.2, 0.25) is 5.91 Å². The Hall–Kier alpha value is -7.00. The smallest absolute Gasteiger partial charge is 0.407 e. The van der Waals surface area contributed by atoms with Gasteiger partial charge in [0, 0.05) is 79.1 Å². The van der Waals surface area contributed by atoms with Crippen molar-refractivity contribution in [2.45, 2.75) is 109 Å². The van der Waals surface area contributed by atoms with Crippen LogP contribution in [0.4, 0.5) is 37.4 Å². The van der Waals surface area contributed by atoms with Crippen molar-refractivity contribution in [3.8, 4) is 23.1 Å². The molecule has 3 aliphatic rings. The fourth-order valence-electron chi connectivity index (χ4n) is 9.46. The molecule has 18 nitrogen and oxygen atoms in total. The van der Waals surface area contributed by atoms with Crippen molar-refractivity contribution in [1.82, 2.24) is 46.2 Å². The number of carbonyl (C=O) groups is 4. The number of hydrogen-bond donors (Lipinski definition) is 5. The number of anilines is 1. The van der Waals surface area contributed by atoms with Gasteiger partial charge >= 0.3 is 18.4 Å². The number of hydrogen-bond acceptors (Lipinski definition) is 14. The van der Waals surface area contributed by atoms with Gasteiger partial charge in [-0.3, -0.25) is 29.9 Å². The van der Waals surface area contributed by atoms with Crippen LogP contribution in [0.5, 0.6) is 0 Å². The van der Waals surface area contributed by atoms with Crippen molar-refractivity contribution >= 4 is 29.8 Å². The van der Waals surface area contributed by atoms with Gasteiger partial charge in [-0.2, -0.15) is 13.2 Å². The summed E-state index contributed by atoms with van der Waals surface area (Å²) in [4.78, 5) is 70.7. The minimum Gasteiger partial charge on any atom is -0.453 e. The Labute approximate surface area is 437 Å². The zero-order chi connectivity index (χ0) is 55.1. The fourth-order valence-corrected chi connectivity index (χ4v) is 9.46. The van der Waals surface area contributed by atoms with Gasteiger partial charge in [-0.15, -0.1) is 0 Å². The maximum Gasteiger partial charge on any atom is 0.407 e. The predicted molar refractivity (Wildman–Crippen MR) is 268 cm³/mol. The Morgan fingerprint density at radius 2 is 1.41 bits per heavy atom. The number of nitrogens with zero attached hydrogens (tertiary/aromatic N) is 6. The lowest BCUT2D eigenvalue weighted by Gasteiger charge is -2.47. The summed E-state index contributed by atoms with van der Waals surface area (Å²) in [6.07, 6.45) is -1.51. The number of nitrogens with one attached hydrogen (secondary N) is 4. The van der Waals surface area contributed by atoms with E-state index >= 15 is 8.78 Å². The van der Waals surface area contributed by atoms with E-state index in [4.69, 9.17) is 14.5 Å². The number of amides is 4. The molecule has 0 radical (unpaired) electrons. The van der Waals surface area contributed by atoms with Crippen molar-refractivity contribution in [2.24, 2.45) is 10.8 Å². The van der Waals surface area contributed by atoms with E-state index in [1.165, 1.54) is 18.6 Å². The summed E-state index contributed by atoms with van der Waals surface area (Å²) >= 11 is 0. The largest absolute Gasteiger partial charge is 0.453 e. The molecule has 0 aliphatic carbocycles. The van der Waals surface area contributed by atoms with Crippen molar-refractivity contribution < 1.29 is 60.4 Å². The third kappa shape index (κ3) is 13.7. The van der Waals surface area contributed by atoms with E-state index < -0.39 is 95.5 Å². The number of pyridine rings is 1. The van der Waals surface area contributed by atoms with Gasteiger partial charge in [0.15, 0.2) is 0 Å². The summed E-state index contributed by atoms with van der Waals surface area (Å²) in [5.74, 6) is 2.62. The molecule has 2 aromatic heterocycles. The molecule has 3 aliphatic heterocycles. The van der Waals surface area contributed by atoms with E-state index in [0.717, 1.165) is 76.3 Å². The van der Waals surface area contributed by atoms with Gasteiger partial charge in [-0.05, 0) is 80.5 Å². The SMILES string of the molecule is COC(=O)NC(C(=O)N[C@@H](Cc1ccc(C#Cc2ccc(N3CC4CCC(C3)N4C3COC3)nc2)cc1)[C@@H](O)CN(Cc1c(F)cc(-c2cnccn2)cc1F)NC(=O)[C@@H](NC(=O)OC)C(C)(C)C)C(C)(C)C(F)(F)F. The molecule has 23 heteroatoms. The maximum absolute atomic E-state index is 16.0. The maximum atomic E-state index is 16.0. The normalized spacial score (nSPS) is 18.5. The van der Waals surface area contributed by atoms with Crippen LogP contribution in [0.2, 0.25) is 0 Å². The van der Waals surface area contributed by atoms with Crippen LogP contribution < -0.4 is 26.3 Å². The van der Waals surface area contributed by atoms with Gasteiger partial charge < -0.3 is 40.2 Å². The fraction of sp³-hybridized carbons (Fsp3) is 0.491. The minimum atomic E-state index is -5.06. The number of methoxy groups -OCH3 is 2. The number of aromatic nitrogens is 3. The molecule has 3 fully saturated rings. The molecule has 4 amide bonds. The van der Waals surface area contributed by atoms with E-state index in [2.05, 4.69) is 52.4 Å². The highest BCUT2D eigenvalue weighted by atomic mass is 19.4. The number of alkyl carbamates (subject to hydrolysis) is 2. The lowest BCUT2D eigenvalue weighted by Crippen LogP contribution is -2.63. The van der Waals surface area contributed by atoms with E-state index in [1.807, 2.05) is 17.4 Å². The van der Waals surface area contributed by atoms with Gasteiger partial charge in [0.1, 0.15) is 29.5 Å². The summed E-state index contributed by atoms with van der Waals surface area (Å²) in [6.45, 7) is 8.09. The summed E-state index contributed by atoms with van der Waals surface area (Å²) in [5.41, 5.74) is -0.124. The highest BCUT2D eigenvalue weighted by molar-refractivity contribution is 5.87. The Morgan fingerprint density at radius 1 is 0.803 bits per heavy atom. The number of hydrazine groups is 1. The average Bonchev–Trinajstić information content (AvgIpc) is 3.61. The summed E-state index contributed by atoms with van der Waals surface area (Å²) in [6, 6.07) is 8.65. The van der Waals surface area contributed by atoms with Gasteiger partial charge in [0.05, 0.1) is 62.9 Å². The van der Waals surface area contributed by atoms with Crippen LogP contribution >= 0.6 is 0 Å². The lowest BCUT2D eigenvalue weighted by molar-refractivity contribution is -0.220. The predicted octanol–water partition coefficient (Wildman–Crippen LogP) is 5.27. The summed E-state index contributed by atoms with van der Waals surface area (Å²) in [5, 5.41) is 19.9. The van der Waals surface area contributed by atoms with Crippen LogP contribution in [0.1, 0.15) is 69.7 Å². The summed E-state index contributed by atoms with van der Waals surface area (Å²) in [7, 11) is 1.98. The Morgan fingerprint density at radius 3 is 1.93 bits per heavy atom. The van der Waals surface area contributed by atoms with Crippen molar-refractivity contribution in [3.63, 3.8) is 0 Å². The third-order valence-corrected chi connectivity index (χ3v) is 14.0. The van der Waals surface area contributed by atoms with Crippen LogP contribution in [-0.2, 0) is 36.8 Å². The number of piperazine rings is 1. The molecule has 0 spiro atoms. The molecule has 2 bridgehead atoms. The number of alkyl halides is 3. The van der Waals surface area contributed by atoms with Crippen molar-refractivity contribution in [2.75, 3.05) is 52.0 Å². The van der Waals surface area contributed by atoms with Crippen LogP contribution in [0.15, 0.2) is 73.3 Å². The molecule has 3 unspecified atom stereocenters. The molecule has 3 saturated heterocycles. The second kappa shape index (κ2) is 23.9. The second-order valence-electron chi connectivity index (χ2n) is 20.8. The zero-order valence-corrected chi connectivity index (χ0v) is 43.2. The zero-order valence-electron chi connectivity index (χ0n) is 43.2. The van der Waals surface area contributed by atoms with Crippen LogP contribution in [0.25, 0.3) is 11.3 Å². The number of halogens is 5. The minimum absolute atomic E-state index is 0.0341. The van der Waals surface area contributed by atoms with Crippen LogP contribution in [0.3, 0.4) is 0 Å². The van der Waals surface area contributed by atoms with E-state index in [-0.39, 0.29) is 17.7 Å². The second-order valence-corrected chi connectivity index (χ2v) is 20.8. The third-order valence-electron chi connectivity index (χ3n) is 14.0. The Kier molecular flexibility index (Phi) is 17.8. The highest BCUT2D eigenvalue weighted by Crippen LogP contribution is 2.41. The van der Waals surface area contributed by atoms with Crippen LogP contribution in [-0.4, -0.2) is 150 Å².